The molecule has 3 unspecified atom stereocenters. The van der Waals surface area contributed by atoms with Gasteiger partial charge in [0.15, 0.2) is 0 Å². The molecule has 0 heterocycles. The van der Waals surface area contributed by atoms with E-state index in [2.05, 4.69) is 113 Å². The molecule has 3 aromatic carbocycles. The molecule has 0 amide bonds. The Kier molecular flexibility index (Phi) is 20.7. The van der Waals surface area contributed by atoms with Crippen molar-refractivity contribution < 1.29 is 19.7 Å². The molecular formula is C46H68O4. The molecule has 3 rings (SSSR count). The van der Waals surface area contributed by atoms with Gasteiger partial charge in [-0.05, 0) is 170 Å². The first-order valence-corrected chi connectivity index (χ1v) is 18.3. The fraction of sp³-hybridized carbons (Fsp3) is 0.478. The van der Waals surface area contributed by atoms with Gasteiger partial charge in [-0.25, -0.2) is 0 Å². The number of benzene rings is 3. The fourth-order valence-corrected chi connectivity index (χ4v) is 5.94. The van der Waals surface area contributed by atoms with Crippen LogP contribution >= 0.6 is 0 Å². The maximum Gasteiger partial charge on any atom is 0.122 e. The summed E-state index contributed by atoms with van der Waals surface area (Å²) in [5.41, 5.74) is 10.4. The maximum absolute atomic E-state index is 9.91. The van der Waals surface area contributed by atoms with E-state index >= 15 is 0 Å². The highest BCUT2D eigenvalue weighted by molar-refractivity contribution is 5.41. The largest absolute Gasteiger partial charge is 0.508 e. The number of aromatic hydroxyl groups is 2. The summed E-state index contributed by atoms with van der Waals surface area (Å²) in [4.78, 5) is 0. The molecule has 0 aliphatic carbocycles. The first-order chi connectivity index (χ1) is 23.6. The Hall–Kier alpha value is -3.92. The van der Waals surface area contributed by atoms with Gasteiger partial charge in [-0.1, -0.05) is 73.9 Å². The number of phenolic OH excluding ortho intramolecular Hbond substituents is 2. The molecule has 276 valence electrons. The third-order valence-electron chi connectivity index (χ3n) is 9.02. The van der Waals surface area contributed by atoms with Crippen molar-refractivity contribution in [3.05, 3.63) is 117 Å². The van der Waals surface area contributed by atoms with Gasteiger partial charge in [0.2, 0.25) is 0 Å². The number of rotatable bonds is 14. The van der Waals surface area contributed by atoms with Crippen LogP contribution in [0.1, 0.15) is 146 Å². The van der Waals surface area contributed by atoms with E-state index in [0.29, 0.717) is 35.0 Å². The van der Waals surface area contributed by atoms with Gasteiger partial charge >= 0.3 is 0 Å². The molecule has 2 N–H and O–H groups in total. The van der Waals surface area contributed by atoms with E-state index < -0.39 is 0 Å². The summed E-state index contributed by atoms with van der Waals surface area (Å²) in [6.45, 7) is 23.7. The minimum Gasteiger partial charge on any atom is -0.508 e. The van der Waals surface area contributed by atoms with Crippen LogP contribution in [0.2, 0.25) is 0 Å². The number of ether oxygens (including phenoxy) is 2. The number of allylic oxidation sites excluding steroid dienone is 6. The van der Waals surface area contributed by atoms with Crippen LogP contribution in [-0.4, -0.2) is 24.4 Å². The van der Waals surface area contributed by atoms with Crippen molar-refractivity contribution in [3.63, 3.8) is 0 Å². The quantitative estimate of drug-likeness (QED) is 0.166. The van der Waals surface area contributed by atoms with Crippen LogP contribution in [0, 0.1) is 13.8 Å². The van der Waals surface area contributed by atoms with Gasteiger partial charge < -0.3 is 19.7 Å². The molecule has 0 saturated heterocycles. The molecule has 0 spiro atoms. The molecular weight excluding hydrogens is 617 g/mol. The highest BCUT2D eigenvalue weighted by atomic mass is 16.5. The van der Waals surface area contributed by atoms with Crippen molar-refractivity contribution in [1.82, 2.24) is 0 Å². The van der Waals surface area contributed by atoms with Crippen molar-refractivity contribution in [2.75, 3.05) is 14.2 Å². The average molecular weight is 685 g/mol. The van der Waals surface area contributed by atoms with Crippen LogP contribution < -0.4 is 9.47 Å². The zero-order valence-corrected chi connectivity index (χ0v) is 33.6. The zero-order valence-electron chi connectivity index (χ0n) is 33.6. The predicted molar refractivity (Wildman–Crippen MR) is 216 cm³/mol. The van der Waals surface area contributed by atoms with Crippen molar-refractivity contribution in [2.45, 2.75) is 132 Å². The van der Waals surface area contributed by atoms with Crippen molar-refractivity contribution in [2.24, 2.45) is 0 Å². The van der Waals surface area contributed by atoms with Crippen LogP contribution in [0.25, 0.3) is 0 Å². The van der Waals surface area contributed by atoms with Gasteiger partial charge in [0.25, 0.3) is 0 Å². The summed E-state index contributed by atoms with van der Waals surface area (Å²) in [5, 5.41) is 19.3. The van der Waals surface area contributed by atoms with E-state index in [-0.39, 0.29) is 0 Å². The van der Waals surface area contributed by atoms with E-state index in [1.807, 2.05) is 24.3 Å². The molecule has 0 saturated carbocycles. The van der Waals surface area contributed by atoms with E-state index in [4.69, 9.17) is 9.47 Å². The van der Waals surface area contributed by atoms with Crippen LogP contribution in [0.4, 0.5) is 0 Å². The van der Waals surface area contributed by atoms with Crippen LogP contribution in [0.3, 0.4) is 0 Å². The monoisotopic (exact) mass is 685 g/mol. The Morgan fingerprint density at radius 2 is 0.900 bits per heavy atom. The van der Waals surface area contributed by atoms with Gasteiger partial charge in [0.05, 0.1) is 14.2 Å². The SMILES string of the molecule is CC(C)=CCCC(C)c1ccc(O)cc1C.COc1ccc(C(C)CCC=C(C)C)c(C)c1.COc1ccc(C(C)CCC=C(C)C)c(O)c1. The summed E-state index contributed by atoms with van der Waals surface area (Å²) < 4.78 is 10.3. The van der Waals surface area contributed by atoms with Crippen molar-refractivity contribution >= 4 is 0 Å². The standard InChI is InChI=1S/C16H24O.C15H22O2.C15H22O/c1-12(2)7-6-8-13(3)16-10-9-15(17-5)11-14(16)4;1-11(2)6-5-7-12(3)14-9-8-13(17-4)10-15(14)16;1-11(2)6-5-7-12(3)15-9-8-14(16)10-13(15)4/h7,9-11,13H,6,8H2,1-5H3;6,8-10,12,16H,5,7H2,1-4H3;6,8-10,12,16H,5,7H2,1-4H3. The normalized spacial score (nSPS) is 12.1. The van der Waals surface area contributed by atoms with Crippen LogP contribution in [-0.2, 0) is 0 Å². The molecule has 0 aromatic heterocycles. The molecule has 3 atom stereocenters. The molecule has 0 radical (unpaired) electrons. The van der Waals surface area contributed by atoms with Crippen molar-refractivity contribution in [3.8, 4) is 23.0 Å². The second-order valence-electron chi connectivity index (χ2n) is 14.5. The number of phenols is 2. The molecule has 0 bridgehead atoms. The third kappa shape index (κ3) is 17.1. The minimum absolute atomic E-state index is 0.328. The van der Waals surface area contributed by atoms with Gasteiger partial charge in [0.1, 0.15) is 23.0 Å². The second kappa shape index (κ2) is 23.5. The molecule has 50 heavy (non-hydrogen) atoms. The Bertz CT molecular complexity index is 1440. The number of aryl methyl sites for hydroxylation is 2. The molecule has 3 aromatic rings. The molecule has 0 fully saturated rings. The van der Waals surface area contributed by atoms with E-state index in [1.165, 1.54) is 45.4 Å². The molecule has 0 aliphatic heterocycles. The minimum atomic E-state index is 0.328. The van der Waals surface area contributed by atoms with Gasteiger partial charge in [-0.15, -0.1) is 0 Å². The lowest BCUT2D eigenvalue weighted by Crippen LogP contribution is -1.97. The summed E-state index contributed by atoms with van der Waals surface area (Å²) in [7, 11) is 3.32. The first kappa shape index (κ1) is 44.1. The van der Waals surface area contributed by atoms with Gasteiger partial charge in [0, 0.05) is 6.07 Å². The Morgan fingerprint density at radius 3 is 1.26 bits per heavy atom. The molecule has 4 nitrogen and oxygen atoms in total. The van der Waals surface area contributed by atoms with Gasteiger partial charge in [-0.2, -0.15) is 0 Å². The van der Waals surface area contributed by atoms with E-state index in [9.17, 15) is 10.2 Å². The molecule has 0 aliphatic rings. The first-order valence-electron chi connectivity index (χ1n) is 18.3. The lowest BCUT2D eigenvalue weighted by Gasteiger charge is -2.14. The lowest BCUT2D eigenvalue weighted by molar-refractivity contribution is 0.405. The van der Waals surface area contributed by atoms with Gasteiger partial charge in [-0.3, -0.25) is 0 Å². The maximum atomic E-state index is 9.91. The summed E-state index contributed by atoms with van der Waals surface area (Å²) in [6, 6.07) is 17.5. The second-order valence-corrected chi connectivity index (χ2v) is 14.5. The predicted octanol–water partition coefficient (Wildman–Crippen LogP) is 13.7. The summed E-state index contributed by atoms with van der Waals surface area (Å²) >= 11 is 0. The summed E-state index contributed by atoms with van der Waals surface area (Å²) in [6.07, 6.45) is 13.6. The Morgan fingerprint density at radius 1 is 0.540 bits per heavy atom. The lowest BCUT2D eigenvalue weighted by atomic mass is 9.92. The van der Waals surface area contributed by atoms with E-state index in [1.54, 1.807) is 26.4 Å². The number of methoxy groups -OCH3 is 2. The third-order valence-corrected chi connectivity index (χ3v) is 9.02. The van der Waals surface area contributed by atoms with E-state index in [0.717, 1.165) is 43.4 Å². The summed E-state index contributed by atoms with van der Waals surface area (Å²) in [5.74, 6) is 3.85. The zero-order chi connectivity index (χ0) is 37.8. The Labute approximate surface area is 306 Å². The number of hydrogen-bond acceptors (Lipinski definition) is 4. The average Bonchev–Trinajstić information content (AvgIpc) is 3.04. The highest BCUT2D eigenvalue weighted by Gasteiger charge is 2.11. The van der Waals surface area contributed by atoms with Crippen molar-refractivity contribution in [1.29, 1.82) is 0 Å². The highest BCUT2D eigenvalue weighted by Crippen LogP contribution is 2.32. The smallest absolute Gasteiger partial charge is 0.122 e. The Balaban J connectivity index is 0.000000375. The van der Waals surface area contributed by atoms with Crippen LogP contribution in [0.5, 0.6) is 23.0 Å². The molecule has 4 heteroatoms. The fourth-order valence-electron chi connectivity index (χ4n) is 5.94. The van der Waals surface area contributed by atoms with Crippen LogP contribution in [0.15, 0.2) is 89.5 Å². The topological polar surface area (TPSA) is 58.9 Å². The number of hydrogen-bond donors (Lipinski definition) is 2.